The first-order valence-electron chi connectivity index (χ1n) is 8.37. The number of para-hydroxylation sites is 1. The molecule has 2 aromatic rings. The summed E-state index contributed by atoms with van der Waals surface area (Å²) in [7, 11) is 0. The van der Waals surface area contributed by atoms with Crippen LogP contribution in [0.3, 0.4) is 0 Å². The topological polar surface area (TPSA) is 67.3 Å². The van der Waals surface area contributed by atoms with Crippen LogP contribution in [0.5, 0.6) is 5.75 Å². The number of rotatable bonds is 8. The van der Waals surface area contributed by atoms with Crippen LogP contribution in [0.15, 0.2) is 24.3 Å². The maximum Gasteiger partial charge on any atom is 0.128 e. The summed E-state index contributed by atoms with van der Waals surface area (Å²) in [6.45, 7) is 9.08. The molecule has 0 bridgehead atoms. The van der Waals surface area contributed by atoms with Gasteiger partial charge in [0.15, 0.2) is 0 Å². The van der Waals surface area contributed by atoms with Crippen LogP contribution < -0.4 is 10.1 Å². The summed E-state index contributed by atoms with van der Waals surface area (Å²) in [6.07, 6.45) is 1.44. The van der Waals surface area contributed by atoms with Gasteiger partial charge in [-0.1, -0.05) is 30.0 Å². The van der Waals surface area contributed by atoms with E-state index in [1.165, 1.54) is 16.4 Å². The van der Waals surface area contributed by atoms with Crippen molar-refractivity contribution in [1.82, 2.24) is 14.9 Å². The number of hydrogen-bond donors (Lipinski definition) is 2. The van der Waals surface area contributed by atoms with Crippen molar-refractivity contribution in [3.8, 4) is 17.0 Å². The molecule has 24 heavy (non-hydrogen) atoms. The fraction of sp³-hybridized carbons (Fsp3) is 0.556. The van der Waals surface area contributed by atoms with Crippen molar-refractivity contribution in [3.63, 3.8) is 0 Å². The van der Waals surface area contributed by atoms with Crippen molar-refractivity contribution in [1.29, 1.82) is 0 Å². The van der Waals surface area contributed by atoms with Gasteiger partial charge in [-0.15, -0.1) is 5.10 Å². The van der Waals surface area contributed by atoms with E-state index in [-0.39, 0.29) is 12.1 Å². The molecule has 1 aromatic heterocycles. The third-order valence-electron chi connectivity index (χ3n) is 3.47. The number of aliphatic hydroxyl groups is 1. The Kier molecular flexibility index (Phi) is 6.71. The number of nitrogens with one attached hydrogen (secondary N) is 1. The third-order valence-corrected chi connectivity index (χ3v) is 4.26. The van der Waals surface area contributed by atoms with Gasteiger partial charge >= 0.3 is 0 Å². The highest BCUT2D eigenvalue weighted by molar-refractivity contribution is 7.06. The molecule has 2 N–H and O–H groups in total. The van der Waals surface area contributed by atoms with E-state index >= 15 is 0 Å². The summed E-state index contributed by atoms with van der Waals surface area (Å²) < 4.78 is 9.95. The van der Waals surface area contributed by atoms with E-state index in [0.717, 1.165) is 29.8 Å². The Morgan fingerprint density at radius 3 is 2.75 bits per heavy atom. The molecule has 0 aliphatic rings. The average Bonchev–Trinajstić information content (AvgIpc) is 2.99. The number of β-amino-alcohol motifs (C(OH)–C–C–N with tert-alkyl or cyclic N) is 1. The zero-order valence-electron chi connectivity index (χ0n) is 14.9. The molecule has 1 unspecified atom stereocenters. The molecular weight excluding hydrogens is 322 g/mol. The fourth-order valence-electron chi connectivity index (χ4n) is 2.26. The fourth-order valence-corrected chi connectivity index (χ4v) is 3.02. The summed E-state index contributed by atoms with van der Waals surface area (Å²) in [5.41, 5.74) is 1.80. The van der Waals surface area contributed by atoms with Crippen LogP contribution in [0.25, 0.3) is 11.3 Å². The summed E-state index contributed by atoms with van der Waals surface area (Å²) in [5, 5.41) is 17.7. The van der Waals surface area contributed by atoms with Gasteiger partial charge in [-0.2, -0.15) is 0 Å². The molecule has 1 aromatic carbocycles. The number of aliphatic hydroxyl groups excluding tert-OH is 1. The van der Waals surface area contributed by atoms with Crippen molar-refractivity contribution in [2.24, 2.45) is 0 Å². The monoisotopic (exact) mass is 349 g/mol. The Morgan fingerprint density at radius 1 is 1.29 bits per heavy atom. The van der Waals surface area contributed by atoms with Gasteiger partial charge in [-0.25, -0.2) is 0 Å². The molecule has 1 atom stereocenters. The summed E-state index contributed by atoms with van der Waals surface area (Å²) in [5.74, 6) is 0.734. The normalized spacial score (nSPS) is 13.0. The lowest BCUT2D eigenvalue weighted by molar-refractivity contribution is 0.100. The van der Waals surface area contributed by atoms with E-state index in [0.29, 0.717) is 6.54 Å². The number of nitrogens with zero attached hydrogens (tertiary/aromatic N) is 2. The van der Waals surface area contributed by atoms with E-state index in [4.69, 9.17) is 4.74 Å². The molecule has 5 nitrogen and oxygen atoms in total. The first-order valence-corrected chi connectivity index (χ1v) is 9.14. The van der Waals surface area contributed by atoms with Gasteiger partial charge < -0.3 is 15.2 Å². The molecule has 0 radical (unpaired) electrons. The second-order valence-electron chi connectivity index (χ2n) is 6.89. The second kappa shape index (κ2) is 8.55. The van der Waals surface area contributed by atoms with Crippen molar-refractivity contribution in [2.45, 2.75) is 52.2 Å². The smallest absolute Gasteiger partial charge is 0.128 e. The third kappa shape index (κ3) is 5.54. The zero-order valence-corrected chi connectivity index (χ0v) is 15.7. The standard InChI is InChI=1S/C18H27N3O2S/c1-5-8-16-17(20-21-24-16)14-9-6-7-10-15(14)23-12-13(22)11-19-18(2,3)4/h6-7,9-10,13,19,22H,5,8,11-12H2,1-4H3. The summed E-state index contributed by atoms with van der Waals surface area (Å²) >= 11 is 1.44. The predicted molar refractivity (Wildman–Crippen MR) is 98.6 cm³/mol. The maximum atomic E-state index is 10.1. The second-order valence-corrected chi connectivity index (χ2v) is 7.73. The van der Waals surface area contributed by atoms with Crippen molar-refractivity contribution < 1.29 is 9.84 Å². The highest BCUT2D eigenvalue weighted by Gasteiger charge is 2.16. The molecule has 0 saturated heterocycles. The number of aryl methyl sites for hydroxylation is 1. The molecular formula is C18H27N3O2S. The Balaban J connectivity index is 2.05. The van der Waals surface area contributed by atoms with Gasteiger partial charge in [0.1, 0.15) is 24.2 Å². The molecule has 0 spiro atoms. The van der Waals surface area contributed by atoms with Gasteiger partial charge in [-0.05, 0) is 50.9 Å². The first kappa shape index (κ1) is 18.8. The molecule has 132 valence electrons. The number of benzene rings is 1. The van der Waals surface area contributed by atoms with Crippen LogP contribution in [-0.2, 0) is 6.42 Å². The molecule has 0 aliphatic heterocycles. The van der Waals surface area contributed by atoms with E-state index in [1.807, 2.05) is 24.3 Å². The Morgan fingerprint density at radius 2 is 2.04 bits per heavy atom. The molecule has 6 heteroatoms. The van der Waals surface area contributed by atoms with Gasteiger partial charge in [0.05, 0.1) is 4.88 Å². The zero-order chi connectivity index (χ0) is 17.6. The molecule has 1 heterocycles. The predicted octanol–water partition coefficient (Wildman–Crippen LogP) is 3.29. The minimum absolute atomic E-state index is 0.0276. The largest absolute Gasteiger partial charge is 0.490 e. The minimum atomic E-state index is -0.569. The highest BCUT2D eigenvalue weighted by Crippen LogP contribution is 2.32. The molecule has 0 saturated carbocycles. The lowest BCUT2D eigenvalue weighted by atomic mass is 10.1. The number of hydrogen-bond acceptors (Lipinski definition) is 6. The minimum Gasteiger partial charge on any atom is -0.490 e. The molecule has 2 rings (SSSR count). The Hall–Kier alpha value is -1.50. The lowest BCUT2D eigenvalue weighted by Gasteiger charge is -2.23. The molecule has 0 amide bonds. The van der Waals surface area contributed by atoms with Crippen LogP contribution >= 0.6 is 11.5 Å². The van der Waals surface area contributed by atoms with Crippen LogP contribution in [0.1, 0.15) is 39.0 Å². The Bertz CT molecular complexity index is 637. The first-order chi connectivity index (χ1) is 11.4. The van der Waals surface area contributed by atoms with Crippen LogP contribution in [0, 0.1) is 0 Å². The molecule has 0 aliphatic carbocycles. The SMILES string of the molecule is CCCc1snnc1-c1ccccc1OCC(O)CNC(C)(C)C. The lowest BCUT2D eigenvalue weighted by Crippen LogP contribution is -2.42. The van der Waals surface area contributed by atoms with E-state index in [2.05, 4.69) is 42.6 Å². The molecule has 0 fully saturated rings. The quantitative estimate of drug-likeness (QED) is 0.765. The number of aromatic nitrogens is 2. The van der Waals surface area contributed by atoms with Crippen molar-refractivity contribution in [2.75, 3.05) is 13.2 Å². The van der Waals surface area contributed by atoms with Crippen LogP contribution in [0.2, 0.25) is 0 Å². The maximum absolute atomic E-state index is 10.1. The van der Waals surface area contributed by atoms with Gasteiger partial charge in [0.25, 0.3) is 0 Å². The highest BCUT2D eigenvalue weighted by atomic mass is 32.1. The average molecular weight is 350 g/mol. The Labute approximate surface area is 148 Å². The summed E-state index contributed by atoms with van der Waals surface area (Å²) in [4.78, 5) is 1.17. The van der Waals surface area contributed by atoms with Crippen LogP contribution in [0.4, 0.5) is 0 Å². The van der Waals surface area contributed by atoms with E-state index in [9.17, 15) is 5.11 Å². The van der Waals surface area contributed by atoms with Crippen molar-refractivity contribution >= 4 is 11.5 Å². The van der Waals surface area contributed by atoms with Gasteiger partial charge in [0, 0.05) is 17.6 Å². The van der Waals surface area contributed by atoms with Gasteiger partial charge in [-0.3, -0.25) is 0 Å². The van der Waals surface area contributed by atoms with Crippen molar-refractivity contribution in [3.05, 3.63) is 29.1 Å². The number of ether oxygens (including phenoxy) is 1. The van der Waals surface area contributed by atoms with Crippen LogP contribution in [-0.4, -0.2) is 39.5 Å². The van der Waals surface area contributed by atoms with E-state index in [1.54, 1.807) is 0 Å². The summed E-state index contributed by atoms with van der Waals surface area (Å²) in [6, 6.07) is 7.80. The van der Waals surface area contributed by atoms with E-state index < -0.39 is 6.10 Å². The van der Waals surface area contributed by atoms with Gasteiger partial charge in [0.2, 0.25) is 0 Å².